The largest absolute Gasteiger partial charge is 0.350 e. The van der Waals surface area contributed by atoms with Gasteiger partial charge in [0.15, 0.2) is 0 Å². The minimum absolute atomic E-state index is 0. The van der Waals surface area contributed by atoms with Crippen LogP contribution in [-0.4, -0.2) is 30.9 Å². The number of nitrogens with one attached hydrogen (secondary N) is 3. The molecule has 1 heterocycles. The molecule has 1 aromatic carbocycles. The lowest BCUT2D eigenvalue weighted by Gasteiger charge is -2.12. The molecule has 2 rings (SSSR count). The van der Waals surface area contributed by atoms with Crippen LogP contribution in [0.2, 0.25) is 0 Å². The summed E-state index contributed by atoms with van der Waals surface area (Å²) in [6, 6.07) is 7.35. The van der Waals surface area contributed by atoms with E-state index in [1.54, 1.807) is 24.3 Å². The summed E-state index contributed by atoms with van der Waals surface area (Å²) in [5.41, 5.74) is 1.32. The van der Waals surface area contributed by atoms with E-state index < -0.39 is 0 Å². The van der Waals surface area contributed by atoms with Gasteiger partial charge in [0, 0.05) is 29.8 Å². The van der Waals surface area contributed by atoms with Crippen molar-refractivity contribution in [1.82, 2.24) is 10.6 Å². The van der Waals surface area contributed by atoms with Crippen LogP contribution in [0, 0.1) is 5.92 Å². The third-order valence-electron chi connectivity index (χ3n) is 3.61. The van der Waals surface area contributed by atoms with Gasteiger partial charge in [-0.2, -0.15) is 0 Å². The van der Waals surface area contributed by atoms with E-state index in [2.05, 4.69) is 16.0 Å². The number of anilines is 1. The highest BCUT2D eigenvalue weighted by molar-refractivity contribution is 5.96. The number of halogens is 1. The maximum Gasteiger partial charge on any atom is 0.251 e. The molecule has 1 saturated heterocycles. The highest BCUT2D eigenvalue weighted by Gasteiger charge is 2.15. The fourth-order valence-electron chi connectivity index (χ4n) is 2.24. The predicted octanol–water partition coefficient (Wildman–Crippen LogP) is 2.18. The fraction of sp³-hybridized carbons (Fsp3) is 0.500. The minimum atomic E-state index is -0.0783. The van der Waals surface area contributed by atoms with Gasteiger partial charge in [-0.1, -0.05) is 13.8 Å². The van der Waals surface area contributed by atoms with Gasteiger partial charge in [0.25, 0.3) is 5.91 Å². The van der Waals surface area contributed by atoms with E-state index in [1.165, 1.54) is 6.42 Å². The lowest BCUT2D eigenvalue weighted by molar-refractivity contribution is -0.118. The molecule has 1 atom stereocenters. The molecule has 0 spiro atoms. The molecule has 122 valence electrons. The monoisotopic (exact) mass is 325 g/mol. The van der Waals surface area contributed by atoms with E-state index >= 15 is 0 Å². The maximum atomic E-state index is 12.0. The van der Waals surface area contributed by atoms with E-state index in [-0.39, 0.29) is 30.1 Å². The average Bonchev–Trinajstić information content (AvgIpc) is 2.98. The van der Waals surface area contributed by atoms with Crippen LogP contribution in [-0.2, 0) is 4.79 Å². The Kier molecular flexibility index (Phi) is 7.35. The van der Waals surface area contributed by atoms with Crippen molar-refractivity contribution in [2.75, 3.05) is 18.4 Å². The molecule has 0 bridgehead atoms. The Balaban J connectivity index is 0.00000242. The van der Waals surface area contributed by atoms with Crippen LogP contribution in [0.25, 0.3) is 0 Å². The third-order valence-corrected chi connectivity index (χ3v) is 3.61. The van der Waals surface area contributed by atoms with Gasteiger partial charge in [-0.15, -0.1) is 12.4 Å². The Morgan fingerprint density at radius 2 is 1.95 bits per heavy atom. The normalized spacial score (nSPS) is 17.0. The van der Waals surface area contributed by atoms with Gasteiger partial charge >= 0.3 is 0 Å². The van der Waals surface area contributed by atoms with Crippen LogP contribution >= 0.6 is 12.4 Å². The van der Waals surface area contributed by atoms with Gasteiger partial charge < -0.3 is 16.0 Å². The molecular weight excluding hydrogens is 302 g/mol. The Morgan fingerprint density at radius 1 is 1.27 bits per heavy atom. The number of carbonyl (C=O) groups is 2. The number of rotatable bonds is 5. The molecule has 1 fully saturated rings. The molecule has 0 radical (unpaired) electrons. The Morgan fingerprint density at radius 3 is 2.50 bits per heavy atom. The van der Waals surface area contributed by atoms with Crippen molar-refractivity contribution in [2.24, 2.45) is 5.92 Å². The number of carbonyl (C=O) groups excluding carboxylic acids is 2. The number of benzene rings is 1. The summed E-state index contributed by atoms with van der Waals surface area (Å²) in [6.45, 7) is 5.37. The van der Waals surface area contributed by atoms with E-state index in [0.717, 1.165) is 13.0 Å². The molecule has 6 heteroatoms. The first-order valence-corrected chi connectivity index (χ1v) is 7.49. The van der Waals surface area contributed by atoms with Crippen molar-refractivity contribution in [1.29, 1.82) is 0 Å². The first-order valence-electron chi connectivity index (χ1n) is 7.49. The zero-order valence-corrected chi connectivity index (χ0v) is 13.8. The van der Waals surface area contributed by atoms with Crippen LogP contribution in [0.3, 0.4) is 0 Å². The maximum absolute atomic E-state index is 12.0. The molecule has 2 amide bonds. The number of amides is 2. The van der Waals surface area contributed by atoms with Gasteiger partial charge in [-0.25, -0.2) is 0 Å². The summed E-state index contributed by atoms with van der Waals surface area (Å²) in [5, 5.41) is 9.08. The molecule has 1 aliphatic rings. The van der Waals surface area contributed by atoms with Crippen molar-refractivity contribution in [3.05, 3.63) is 29.8 Å². The fourth-order valence-corrected chi connectivity index (χ4v) is 2.24. The van der Waals surface area contributed by atoms with Crippen molar-refractivity contribution in [2.45, 2.75) is 32.7 Å². The summed E-state index contributed by atoms with van der Waals surface area (Å²) in [6.07, 6.45) is 2.28. The molecular formula is C16H24ClN3O2. The smallest absolute Gasteiger partial charge is 0.251 e. The first kappa shape index (κ1) is 18.5. The molecule has 1 aliphatic heterocycles. The van der Waals surface area contributed by atoms with E-state index in [4.69, 9.17) is 0 Å². The molecule has 0 aliphatic carbocycles. The number of hydrogen-bond donors (Lipinski definition) is 3. The minimum Gasteiger partial charge on any atom is -0.350 e. The highest BCUT2D eigenvalue weighted by Crippen LogP contribution is 2.11. The van der Waals surface area contributed by atoms with Gasteiger partial charge in [-0.3, -0.25) is 9.59 Å². The average molecular weight is 326 g/mol. The Bertz CT molecular complexity index is 497. The zero-order chi connectivity index (χ0) is 15.2. The lowest BCUT2D eigenvalue weighted by atomic mass is 10.1. The van der Waals surface area contributed by atoms with Gasteiger partial charge in [0.05, 0.1) is 0 Å². The van der Waals surface area contributed by atoms with Crippen LogP contribution in [0.5, 0.6) is 0 Å². The second-order valence-electron chi connectivity index (χ2n) is 5.72. The SMILES string of the molecule is CC(C)C(=O)Nc1ccc(C(=O)NCC2CCCN2)cc1.Cl. The molecule has 0 saturated carbocycles. The Hall–Kier alpha value is -1.59. The summed E-state index contributed by atoms with van der Waals surface area (Å²) in [5.74, 6) is -0.170. The van der Waals surface area contributed by atoms with Crippen molar-refractivity contribution < 1.29 is 9.59 Å². The van der Waals surface area contributed by atoms with Gasteiger partial charge in [0.1, 0.15) is 0 Å². The second kappa shape index (κ2) is 8.76. The van der Waals surface area contributed by atoms with Crippen LogP contribution < -0.4 is 16.0 Å². The summed E-state index contributed by atoms with van der Waals surface area (Å²) >= 11 is 0. The quantitative estimate of drug-likeness (QED) is 0.777. The van der Waals surface area contributed by atoms with Gasteiger partial charge in [0.2, 0.25) is 5.91 Å². The molecule has 5 nitrogen and oxygen atoms in total. The van der Waals surface area contributed by atoms with E-state index in [0.29, 0.717) is 23.8 Å². The summed E-state index contributed by atoms with van der Waals surface area (Å²) in [7, 11) is 0. The Labute approximate surface area is 137 Å². The molecule has 1 unspecified atom stereocenters. The third kappa shape index (κ3) is 5.31. The van der Waals surface area contributed by atoms with Crippen molar-refractivity contribution >= 4 is 29.9 Å². The van der Waals surface area contributed by atoms with Crippen LogP contribution in [0.4, 0.5) is 5.69 Å². The standard InChI is InChI=1S/C16H23N3O2.ClH/c1-11(2)15(20)19-13-7-5-12(6-8-13)16(21)18-10-14-4-3-9-17-14;/h5-8,11,14,17H,3-4,9-10H2,1-2H3,(H,18,21)(H,19,20);1H. The van der Waals surface area contributed by atoms with Crippen LogP contribution in [0.1, 0.15) is 37.0 Å². The van der Waals surface area contributed by atoms with E-state index in [1.807, 2.05) is 13.8 Å². The van der Waals surface area contributed by atoms with E-state index in [9.17, 15) is 9.59 Å². The van der Waals surface area contributed by atoms with Crippen molar-refractivity contribution in [3.8, 4) is 0 Å². The van der Waals surface area contributed by atoms with Gasteiger partial charge in [-0.05, 0) is 43.7 Å². The molecule has 3 N–H and O–H groups in total. The van der Waals surface area contributed by atoms with Crippen molar-refractivity contribution in [3.63, 3.8) is 0 Å². The first-order chi connectivity index (χ1) is 10.1. The summed E-state index contributed by atoms with van der Waals surface area (Å²) in [4.78, 5) is 23.6. The number of hydrogen-bond acceptors (Lipinski definition) is 3. The zero-order valence-electron chi connectivity index (χ0n) is 13.0. The predicted molar refractivity (Wildman–Crippen MR) is 90.5 cm³/mol. The molecule has 22 heavy (non-hydrogen) atoms. The topological polar surface area (TPSA) is 70.2 Å². The molecule has 0 aromatic heterocycles. The second-order valence-corrected chi connectivity index (χ2v) is 5.72. The summed E-state index contributed by atoms with van der Waals surface area (Å²) < 4.78 is 0. The molecule has 1 aromatic rings. The van der Waals surface area contributed by atoms with Crippen LogP contribution in [0.15, 0.2) is 24.3 Å². The highest BCUT2D eigenvalue weighted by atomic mass is 35.5. The lowest BCUT2D eigenvalue weighted by Crippen LogP contribution is -2.37.